The zero-order valence-electron chi connectivity index (χ0n) is 16.3. The maximum absolute atomic E-state index is 12.4. The molecule has 2 heterocycles. The number of benzene rings is 1. The Morgan fingerprint density at radius 2 is 2.10 bits per heavy atom. The number of carbonyl (C=O) groups excluding carboxylic acids is 1. The van der Waals surface area contributed by atoms with Gasteiger partial charge in [-0.2, -0.15) is 0 Å². The van der Waals surface area contributed by atoms with E-state index in [4.69, 9.17) is 4.74 Å². The third-order valence-electron chi connectivity index (χ3n) is 5.15. The summed E-state index contributed by atoms with van der Waals surface area (Å²) in [4.78, 5) is 14.6. The van der Waals surface area contributed by atoms with Gasteiger partial charge in [0, 0.05) is 19.1 Å². The van der Waals surface area contributed by atoms with Crippen molar-refractivity contribution < 1.29 is 42.2 Å². The second kappa shape index (κ2) is 8.21. The van der Waals surface area contributed by atoms with Gasteiger partial charge in [0.15, 0.2) is 5.52 Å². The zero-order chi connectivity index (χ0) is 22.2. The third-order valence-corrected chi connectivity index (χ3v) is 5.15. The summed E-state index contributed by atoms with van der Waals surface area (Å²) in [6, 6.07) is 3.46. The predicted octanol–water partition coefficient (Wildman–Crippen LogP) is 0.873. The summed E-state index contributed by atoms with van der Waals surface area (Å²) in [5.41, 5.74) is -0.439. The van der Waals surface area contributed by atoms with Crippen LogP contribution in [-0.4, -0.2) is 59.3 Å². The molecule has 2 aliphatic rings. The van der Waals surface area contributed by atoms with Gasteiger partial charge >= 0.3 is 23.8 Å². The number of anilines is 1. The Labute approximate surface area is 174 Å². The van der Waals surface area contributed by atoms with Gasteiger partial charge in [-0.3, -0.25) is 15.0 Å². The van der Waals surface area contributed by atoms with Gasteiger partial charge in [-0.25, -0.2) is 9.94 Å². The van der Waals surface area contributed by atoms with Crippen LogP contribution in [0.4, 0.5) is 19.1 Å². The summed E-state index contributed by atoms with van der Waals surface area (Å²) >= 11 is 0. The molecule has 1 aromatic carbocycles. The molecule has 10 nitrogen and oxygen atoms in total. The Hall–Kier alpha value is -3.09. The molecule has 4 rings (SSSR count). The largest absolute Gasteiger partial charge is 0.739 e. The number of rotatable bonds is 7. The number of likely N-dealkylation sites (tertiary alicyclic amines) is 1. The zero-order valence-corrected chi connectivity index (χ0v) is 16.3. The molecule has 1 saturated carbocycles. The summed E-state index contributed by atoms with van der Waals surface area (Å²) in [6.07, 6.45) is -1.89. The number of fused-ring (bicyclic) bond motifs is 1. The average Bonchev–Trinajstić information content (AvgIpc) is 3.44. The topological polar surface area (TPSA) is 115 Å². The van der Waals surface area contributed by atoms with E-state index in [-0.39, 0.29) is 40.9 Å². The van der Waals surface area contributed by atoms with Crippen molar-refractivity contribution in [1.82, 2.24) is 10.00 Å². The number of carbonyl (C=O) groups is 1. The van der Waals surface area contributed by atoms with Gasteiger partial charge in [0.2, 0.25) is 9.94 Å². The summed E-state index contributed by atoms with van der Waals surface area (Å²) < 4.78 is 46.6. The van der Waals surface area contributed by atoms with Gasteiger partial charge in [0.1, 0.15) is 11.9 Å². The van der Waals surface area contributed by atoms with Gasteiger partial charge in [-0.05, 0) is 31.4 Å². The summed E-state index contributed by atoms with van der Waals surface area (Å²) in [7, 11) is 0. The van der Waals surface area contributed by atoms with Gasteiger partial charge in [-0.1, -0.05) is 0 Å². The Balaban J connectivity index is 1.34. The number of halogens is 3. The monoisotopic (exact) mass is 444 g/mol. The van der Waals surface area contributed by atoms with E-state index in [9.17, 15) is 28.4 Å². The van der Waals surface area contributed by atoms with Crippen molar-refractivity contribution in [2.45, 2.75) is 44.2 Å². The van der Waals surface area contributed by atoms with Gasteiger partial charge < -0.3 is 14.7 Å². The number of hydrogen-bond donors (Lipinski definition) is 2. The molecule has 1 aliphatic heterocycles. The Morgan fingerprint density at radius 1 is 1.32 bits per heavy atom. The van der Waals surface area contributed by atoms with Crippen LogP contribution in [0, 0.1) is 5.21 Å². The van der Waals surface area contributed by atoms with Crippen molar-refractivity contribution in [2.75, 3.05) is 25.0 Å². The van der Waals surface area contributed by atoms with Crippen LogP contribution < -0.4 is 19.6 Å². The first-order chi connectivity index (χ1) is 14.7. The fourth-order valence-electron chi connectivity index (χ4n) is 3.58. The number of aromatic nitrogens is 3. The van der Waals surface area contributed by atoms with Crippen LogP contribution in [0.15, 0.2) is 18.2 Å². The van der Waals surface area contributed by atoms with E-state index in [0.29, 0.717) is 10.8 Å². The van der Waals surface area contributed by atoms with Crippen LogP contribution in [0.2, 0.25) is 0 Å². The highest BCUT2D eigenvalue weighted by Gasteiger charge is 2.36. The Bertz CT molecular complexity index is 985. The van der Waals surface area contributed by atoms with Crippen LogP contribution in [-0.2, 0) is 9.53 Å². The molecule has 1 aliphatic carbocycles. The standard InChI is InChI=1S/C18H21F3N5O5/c19-18(20,21)31-12-3-4-14-15(9-12)26(29)23-17(25(14)28)22-7-5-16(27)30-13-6-8-24(10-13)11-1-2-11/h3-4,9,11,13H,1-2,5-8,10H2,(H2,22,23,29)/q+1. The SMILES string of the molecule is O=C(CCNc1n[n+](O)c2cc(OC(F)(F)F)ccc2[n+]1[O-])OC1CCN(C2CC2)C1. The molecule has 1 unspecified atom stereocenters. The fraction of sp³-hybridized carbons (Fsp3) is 0.556. The molecular weight excluding hydrogens is 423 g/mol. The quantitative estimate of drug-likeness (QED) is 0.280. The van der Waals surface area contributed by atoms with Gasteiger partial charge in [-0.15, -0.1) is 13.2 Å². The highest BCUT2D eigenvalue weighted by atomic mass is 19.4. The molecule has 1 atom stereocenters. The van der Waals surface area contributed by atoms with E-state index < -0.39 is 18.1 Å². The van der Waals surface area contributed by atoms with E-state index in [0.717, 1.165) is 37.7 Å². The lowest BCUT2D eigenvalue weighted by molar-refractivity contribution is -0.933. The lowest BCUT2D eigenvalue weighted by atomic mass is 10.3. The van der Waals surface area contributed by atoms with E-state index >= 15 is 0 Å². The van der Waals surface area contributed by atoms with E-state index in [1.54, 1.807) is 0 Å². The predicted molar refractivity (Wildman–Crippen MR) is 97.0 cm³/mol. The van der Waals surface area contributed by atoms with Crippen LogP contribution in [0.25, 0.3) is 11.0 Å². The number of alkyl halides is 3. The average molecular weight is 444 g/mol. The van der Waals surface area contributed by atoms with Crippen LogP contribution >= 0.6 is 0 Å². The Morgan fingerprint density at radius 3 is 2.81 bits per heavy atom. The number of hydrogen-bond acceptors (Lipinski definition) is 8. The first kappa shape index (κ1) is 21.2. The molecule has 0 bridgehead atoms. The third kappa shape index (κ3) is 5.16. The first-order valence-corrected chi connectivity index (χ1v) is 9.81. The molecule has 1 saturated heterocycles. The maximum atomic E-state index is 12.4. The highest BCUT2D eigenvalue weighted by molar-refractivity contribution is 5.71. The fourth-order valence-corrected chi connectivity index (χ4v) is 3.58. The molecule has 0 spiro atoms. The normalized spacial score (nSPS) is 19.5. The van der Waals surface area contributed by atoms with Crippen molar-refractivity contribution in [1.29, 1.82) is 0 Å². The summed E-state index contributed by atoms with van der Waals surface area (Å²) in [5.74, 6) is -1.35. The maximum Gasteiger partial charge on any atom is 0.573 e. The van der Waals surface area contributed by atoms with Crippen molar-refractivity contribution in [3.8, 4) is 5.75 Å². The second-order valence-electron chi connectivity index (χ2n) is 7.51. The molecule has 0 radical (unpaired) electrons. The lowest BCUT2D eigenvalue weighted by Gasteiger charge is -2.15. The smallest absolute Gasteiger partial charge is 0.573 e. The van der Waals surface area contributed by atoms with Crippen molar-refractivity contribution >= 4 is 23.0 Å². The molecule has 2 N–H and O–H groups in total. The van der Waals surface area contributed by atoms with Crippen molar-refractivity contribution in [3.63, 3.8) is 0 Å². The minimum atomic E-state index is -4.92. The molecule has 31 heavy (non-hydrogen) atoms. The number of esters is 1. The summed E-state index contributed by atoms with van der Waals surface area (Å²) in [5, 5.41) is 28.6. The number of nitrogens with one attached hydrogen (secondary N) is 1. The minimum Gasteiger partial charge on any atom is -0.739 e. The molecule has 0 amide bonds. The van der Waals surface area contributed by atoms with Crippen LogP contribution in [0.3, 0.4) is 0 Å². The second-order valence-corrected chi connectivity index (χ2v) is 7.51. The van der Waals surface area contributed by atoms with Crippen LogP contribution in [0.5, 0.6) is 5.75 Å². The lowest BCUT2D eigenvalue weighted by Crippen LogP contribution is -2.46. The van der Waals surface area contributed by atoms with Crippen LogP contribution in [0.1, 0.15) is 25.7 Å². The summed E-state index contributed by atoms with van der Waals surface area (Å²) in [6.45, 7) is 1.68. The van der Waals surface area contributed by atoms with E-state index in [2.05, 4.69) is 20.1 Å². The molecule has 168 valence electrons. The van der Waals surface area contributed by atoms with E-state index in [1.807, 2.05) is 0 Å². The molecule has 2 fully saturated rings. The van der Waals surface area contributed by atoms with Crippen molar-refractivity contribution in [3.05, 3.63) is 23.4 Å². The van der Waals surface area contributed by atoms with Gasteiger partial charge in [0.25, 0.3) is 0 Å². The van der Waals surface area contributed by atoms with Gasteiger partial charge in [0.05, 0.1) is 19.0 Å². The number of nitrogens with zero attached hydrogens (tertiary/aromatic N) is 4. The minimum absolute atomic E-state index is 0.0217. The van der Waals surface area contributed by atoms with Crippen molar-refractivity contribution in [2.24, 2.45) is 0 Å². The Kier molecular flexibility index (Phi) is 5.60. The molecule has 1 aromatic heterocycles. The molecule has 2 aromatic rings. The first-order valence-electron chi connectivity index (χ1n) is 9.81. The molecular formula is C18H21F3N5O5+. The highest BCUT2D eigenvalue weighted by Crippen LogP contribution is 2.30. The number of ether oxygens (including phenoxy) is 2. The molecule has 13 heteroatoms. The van der Waals surface area contributed by atoms with E-state index in [1.165, 1.54) is 12.8 Å².